The normalized spacial score (nSPS) is 19.1. The Morgan fingerprint density at radius 2 is 1.44 bits per heavy atom. The highest BCUT2D eigenvalue weighted by Crippen LogP contribution is 2.33. The van der Waals surface area contributed by atoms with Gasteiger partial charge in [-0.05, 0) is 64.0 Å². The first-order chi connectivity index (χ1) is 18.8. The Balaban J connectivity index is 0.000000532. The molecular formula is C28H46N2O7S2. The maximum Gasteiger partial charge on any atom is 0.383 e. The fourth-order valence-corrected chi connectivity index (χ4v) is 5.77. The van der Waals surface area contributed by atoms with Crippen LogP contribution in [0.1, 0.15) is 78.7 Å². The van der Waals surface area contributed by atoms with Gasteiger partial charge in [-0.3, -0.25) is 9.59 Å². The molecule has 1 aromatic rings. The highest BCUT2D eigenvalue weighted by atomic mass is 32.2. The van der Waals surface area contributed by atoms with Gasteiger partial charge in [-0.2, -0.15) is 0 Å². The van der Waals surface area contributed by atoms with E-state index < -0.39 is 23.4 Å². The summed E-state index contributed by atoms with van der Waals surface area (Å²) >= 11 is 1.92. The molecule has 0 spiro atoms. The second-order valence-corrected chi connectivity index (χ2v) is 11.0. The van der Waals surface area contributed by atoms with Gasteiger partial charge in [-0.15, -0.1) is 0 Å². The quantitative estimate of drug-likeness (QED) is 0.178. The molecule has 9 nitrogen and oxygen atoms in total. The summed E-state index contributed by atoms with van der Waals surface area (Å²) in [6.45, 7) is 13.0. The number of benzene rings is 1. The molecule has 2 aliphatic rings. The van der Waals surface area contributed by atoms with E-state index in [1.165, 1.54) is 12.8 Å². The fraction of sp³-hybridized carbons (Fsp3) is 0.679. The Kier molecular flexibility index (Phi) is 19.2. The Morgan fingerprint density at radius 3 is 1.95 bits per heavy atom. The highest BCUT2D eigenvalue weighted by Gasteiger charge is 2.38. The zero-order valence-electron chi connectivity index (χ0n) is 24.0. The van der Waals surface area contributed by atoms with Gasteiger partial charge in [-0.25, -0.2) is 13.4 Å². The number of carboxylic acid groups (broad SMARTS) is 1. The van der Waals surface area contributed by atoms with Crippen LogP contribution in [0.2, 0.25) is 0 Å². The number of hydrogen-bond acceptors (Lipinski definition) is 10. The third-order valence-corrected chi connectivity index (χ3v) is 7.93. The van der Waals surface area contributed by atoms with Gasteiger partial charge >= 0.3 is 11.3 Å². The first-order valence-corrected chi connectivity index (χ1v) is 15.4. The summed E-state index contributed by atoms with van der Waals surface area (Å²) in [6.07, 6.45) is 5.41. The number of carbonyl (C=O) groups excluding carboxylic acids is 2. The van der Waals surface area contributed by atoms with Gasteiger partial charge in [-0.1, -0.05) is 57.0 Å². The van der Waals surface area contributed by atoms with Crippen LogP contribution < -0.4 is 0 Å². The molecule has 3 rings (SSSR count). The molecule has 2 aliphatic heterocycles. The average Bonchev–Trinajstić information content (AvgIpc) is 3.58. The minimum Gasteiger partial charge on any atom is -0.480 e. The number of carbonyl (C=O) groups is 3. The molecule has 2 saturated heterocycles. The van der Waals surface area contributed by atoms with E-state index in [-0.39, 0.29) is 18.0 Å². The second kappa shape index (κ2) is 21.2. The van der Waals surface area contributed by atoms with Crippen molar-refractivity contribution in [3.8, 4) is 0 Å². The molecule has 1 aromatic carbocycles. The molecule has 222 valence electrons. The summed E-state index contributed by atoms with van der Waals surface area (Å²) in [5, 5.41) is 8.70. The van der Waals surface area contributed by atoms with Crippen LogP contribution in [0, 0.1) is 0 Å². The standard InChI is InChI=1S/C18H22N2O5S2.C6H14O2.C4H10/c21-16(22)14-8-4-10-19(14)26-17(23)15-9-5-11-20(15)27-18(24)25-12-13-6-2-1-3-7-13;1-4-7-6(3)8-5-2;1-3-4-2/h1-3,6-7,14-15H,4-5,8-12H2,(H,21,22);6H,4-5H2,1-3H3;3-4H2,1-2H3. The van der Waals surface area contributed by atoms with Crippen LogP contribution in [0.15, 0.2) is 30.3 Å². The smallest absolute Gasteiger partial charge is 0.383 e. The molecule has 2 fully saturated rings. The van der Waals surface area contributed by atoms with Gasteiger partial charge in [0.05, 0.1) is 6.04 Å². The molecule has 0 aliphatic carbocycles. The molecule has 39 heavy (non-hydrogen) atoms. The van der Waals surface area contributed by atoms with Crippen LogP contribution in [0.4, 0.5) is 4.79 Å². The van der Waals surface area contributed by atoms with Crippen molar-refractivity contribution in [1.82, 2.24) is 8.61 Å². The number of rotatable bonds is 11. The predicted molar refractivity (Wildman–Crippen MR) is 157 cm³/mol. The van der Waals surface area contributed by atoms with E-state index in [0.29, 0.717) is 25.9 Å². The van der Waals surface area contributed by atoms with Gasteiger partial charge in [0.25, 0.3) is 0 Å². The van der Waals surface area contributed by atoms with Crippen molar-refractivity contribution in [3.63, 3.8) is 0 Å². The Labute approximate surface area is 242 Å². The number of hydrogen-bond donors (Lipinski definition) is 1. The van der Waals surface area contributed by atoms with Crippen molar-refractivity contribution in [2.24, 2.45) is 0 Å². The summed E-state index contributed by atoms with van der Waals surface area (Å²) in [4.78, 5) is 36.1. The average molecular weight is 587 g/mol. The molecule has 2 heterocycles. The lowest BCUT2D eigenvalue weighted by Gasteiger charge is -2.24. The van der Waals surface area contributed by atoms with Gasteiger partial charge in [0.1, 0.15) is 12.6 Å². The van der Waals surface area contributed by atoms with Crippen molar-refractivity contribution >= 4 is 40.3 Å². The second-order valence-electron chi connectivity index (χ2n) is 8.94. The SMILES string of the molecule is CCCC.CCOC(C)OCC.O=C(OCc1ccccc1)SN1CCCC1C(=O)SN1CCCC1C(=O)O. The van der Waals surface area contributed by atoms with Gasteiger partial charge < -0.3 is 19.3 Å². The molecular weight excluding hydrogens is 540 g/mol. The zero-order chi connectivity index (χ0) is 29.0. The number of aliphatic carboxylic acids is 1. The molecule has 0 radical (unpaired) electrons. The molecule has 0 bridgehead atoms. The lowest BCUT2D eigenvalue weighted by atomic mass is 10.2. The van der Waals surface area contributed by atoms with E-state index >= 15 is 0 Å². The van der Waals surface area contributed by atoms with Crippen LogP contribution in [0.25, 0.3) is 0 Å². The van der Waals surface area contributed by atoms with E-state index in [1.807, 2.05) is 51.1 Å². The van der Waals surface area contributed by atoms with Crippen molar-refractivity contribution in [2.75, 3.05) is 26.3 Å². The number of unbranched alkanes of at least 4 members (excludes halogenated alkanes) is 1. The van der Waals surface area contributed by atoms with E-state index in [1.54, 1.807) is 8.61 Å². The summed E-state index contributed by atoms with van der Waals surface area (Å²) in [7, 11) is 0. The number of nitrogens with zero attached hydrogens (tertiary/aromatic N) is 2. The van der Waals surface area contributed by atoms with Crippen LogP contribution in [0.3, 0.4) is 0 Å². The number of carboxylic acids is 1. The third kappa shape index (κ3) is 14.5. The summed E-state index contributed by atoms with van der Waals surface area (Å²) in [5.41, 5.74) is 0.907. The largest absolute Gasteiger partial charge is 0.480 e. The first kappa shape index (κ1) is 35.4. The van der Waals surface area contributed by atoms with E-state index in [4.69, 9.17) is 14.2 Å². The lowest BCUT2D eigenvalue weighted by Crippen LogP contribution is -2.36. The zero-order valence-corrected chi connectivity index (χ0v) is 25.6. The van der Waals surface area contributed by atoms with Crippen LogP contribution in [0.5, 0.6) is 0 Å². The highest BCUT2D eigenvalue weighted by molar-refractivity contribution is 8.12. The van der Waals surface area contributed by atoms with Gasteiger partial charge in [0.15, 0.2) is 6.29 Å². The first-order valence-electron chi connectivity index (χ1n) is 13.9. The van der Waals surface area contributed by atoms with E-state index in [2.05, 4.69) is 13.8 Å². The minimum atomic E-state index is -0.894. The Bertz CT molecular complexity index is 823. The molecule has 2 atom stereocenters. The van der Waals surface area contributed by atoms with E-state index in [9.17, 15) is 19.5 Å². The van der Waals surface area contributed by atoms with Gasteiger partial charge in [0, 0.05) is 38.3 Å². The topological polar surface area (TPSA) is 106 Å². The fourth-order valence-electron chi connectivity index (χ4n) is 3.71. The summed E-state index contributed by atoms with van der Waals surface area (Å²) in [5.74, 6) is -0.894. The Morgan fingerprint density at radius 1 is 0.897 bits per heavy atom. The predicted octanol–water partition coefficient (Wildman–Crippen LogP) is 6.37. The summed E-state index contributed by atoms with van der Waals surface area (Å²) < 4.78 is 18.8. The van der Waals surface area contributed by atoms with Crippen LogP contribution in [-0.4, -0.2) is 74.8 Å². The Hall–Kier alpha value is -1.63. The number of ether oxygens (including phenoxy) is 3. The monoisotopic (exact) mass is 586 g/mol. The van der Waals surface area contributed by atoms with Crippen molar-refractivity contribution in [3.05, 3.63) is 35.9 Å². The maximum atomic E-state index is 12.7. The van der Waals surface area contributed by atoms with Gasteiger partial charge in [0.2, 0.25) is 5.12 Å². The van der Waals surface area contributed by atoms with Crippen LogP contribution in [-0.2, 0) is 30.4 Å². The van der Waals surface area contributed by atoms with Crippen molar-refractivity contribution < 1.29 is 33.7 Å². The summed E-state index contributed by atoms with van der Waals surface area (Å²) in [6, 6.07) is 8.40. The van der Waals surface area contributed by atoms with E-state index in [0.717, 1.165) is 55.5 Å². The maximum absolute atomic E-state index is 12.7. The molecule has 0 aromatic heterocycles. The molecule has 0 amide bonds. The lowest BCUT2D eigenvalue weighted by molar-refractivity contribution is -0.140. The molecule has 11 heteroatoms. The molecule has 1 N–H and O–H groups in total. The van der Waals surface area contributed by atoms with Crippen molar-refractivity contribution in [2.45, 2.75) is 98.1 Å². The van der Waals surface area contributed by atoms with Crippen molar-refractivity contribution in [1.29, 1.82) is 0 Å². The third-order valence-electron chi connectivity index (χ3n) is 5.87. The minimum absolute atomic E-state index is 0.0370. The molecule has 0 saturated carbocycles. The molecule has 2 unspecified atom stereocenters. The van der Waals surface area contributed by atoms with Crippen LogP contribution >= 0.6 is 23.9 Å².